The first-order valence-corrected chi connectivity index (χ1v) is 9.02. The highest BCUT2D eigenvalue weighted by molar-refractivity contribution is 7.89. The Balaban J connectivity index is 1.82. The fourth-order valence-electron chi connectivity index (χ4n) is 2.43. The third-order valence-corrected chi connectivity index (χ3v) is 5.34. The Morgan fingerprint density at radius 2 is 1.96 bits per heavy atom. The van der Waals surface area contributed by atoms with Crippen LogP contribution in [0.15, 0.2) is 29.2 Å². The van der Waals surface area contributed by atoms with Gasteiger partial charge in [-0.15, -0.1) is 0 Å². The Kier molecular flexibility index (Phi) is 6.05. The number of non-ortho nitro benzene ring substituents is 1. The number of piperazine rings is 1. The number of hydrogen-bond acceptors (Lipinski definition) is 6. The third kappa shape index (κ3) is 5.24. The Hall–Kier alpha value is -1.55. The molecule has 2 rings (SSSR count). The predicted octanol–water partition coefficient (Wildman–Crippen LogP) is 0.511. The van der Waals surface area contributed by atoms with Crippen LogP contribution in [0.25, 0.3) is 0 Å². The molecule has 0 spiro atoms. The number of nitrogens with zero attached hydrogens (tertiary/aromatic N) is 3. The molecule has 1 aromatic rings. The van der Waals surface area contributed by atoms with Gasteiger partial charge in [-0.3, -0.25) is 10.1 Å². The summed E-state index contributed by atoms with van der Waals surface area (Å²) in [6.07, 6.45) is 0.706. The van der Waals surface area contributed by atoms with Gasteiger partial charge >= 0.3 is 0 Å². The van der Waals surface area contributed by atoms with E-state index in [0.717, 1.165) is 38.8 Å². The molecule has 0 atom stereocenters. The van der Waals surface area contributed by atoms with E-state index in [2.05, 4.69) is 21.6 Å². The number of nitro groups is 1. The standard InChI is InChI=1S/C14H22N4O4S/c1-16-8-10-17(11-9-16)7-3-6-15-23(21,22)14-5-2-4-13(12-14)18(19)20/h2,4-5,12,15H,3,6-11H2,1H3. The van der Waals surface area contributed by atoms with E-state index in [0.29, 0.717) is 13.0 Å². The van der Waals surface area contributed by atoms with Crippen molar-refractivity contribution in [3.63, 3.8) is 0 Å². The van der Waals surface area contributed by atoms with Crippen LogP contribution in [-0.4, -0.2) is 69.5 Å². The molecule has 1 aliphatic rings. The lowest BCUT2D eigenvalue weighted by Crippen LogP contribution is -2.45. The predicted molar refractivity (Wildman–Crippen MR) is 86.8 cm³/mol. The fraction of sp³-hybridized carbons (Fsp3) is 0.571. The molecule has 1 aliphatic heterocycles. The average Bonchev–Trinajstić information content (AvgIpc) is 2.53. The van der Waals surface area contributed by atoms with Crippen molar-refractivity contribution in [1.82, 2.24) is 14.5 Å². The van der Waals surface area contributed by atoms with Crippen LogP contribution in [0.3, 0.4) is 0 Å². The van der Waals surface area contributed by atoms with Crippen molar-refractivity contribution in [2.24, 2.45) is 0 Å². The van der Waals surface area contributed by atoms with Gasteiger partial charge in [-0.05, 0) is 26.1 Å². The molecule has 1 fully saturated rings. The summed E-state index contributed by atoms with van der Waals surface area (Å²) in [5, 5.41) is 10.7. The molecule has 0 amide bonds. The van der Waals surface area contributed by atoms with Gasteiger partial charge in [-0.2, -0.15) is 0 Å². The van der Waals surface area contributed by atoms with Gasteiger partial charge in [0, 0.05) is 44.9 Å². The first kappa shape index (κ1) is 17.8. The minimum absolute atomic E-state index is 0.0775. The summed E-state index contributed by atoms with van der Waals surface area (Å²) in [6.45, 7) is 5.20. The first-order chi connectivity index (χ1) is 10.9. The second kappa shape index (κ2) is 7.82. The molecule has 8 nitrogen and oxygen atoms in total. The van der Waals surface area contributed by atoms with Gasteiger partial charge in [0.1, 0.15) is 0 Å². The topological polar surface area (TPSA) is 95.8 Å². The molecule has 0 aromatic heterocycles. The molecule has 128 valence electrons. The minimum Gasteiger partial charge on any atom is -0.304 e. The zero-order valence-electron chi connectivity index (χ0n) is 13.1. The molecule has 0 radical (unpaired) electrons. The number of likely N-dealkylation sites (N-methyl/N-ethyl adjacent to an activating group) is 1. The summed E-state index contributed by atoms with van der Waals surface area (Å²) in [6, 6.07) is 5.07. The van der Waals surface area contributed by atoms with Gasteiger partial charge in [-0.1, -0.05) is 6.07 Å². The number of nitro benzene ring substituents is 1. The largest absolute Gasteiger partial charge is 0.304 e. The summed E-state index contributed by atoms with van der Waals surface area (Å²) in [7, 11) is -1.62. The van der Waals surface area contributed by atoms with Crippen LogP contribution in [0.2, 0.25) is 0 Å². The highest BCUT2D eigenvalue weighted by Crippen LogP contribution is 2.17. The smallest absolute Gasteiger partial charge is 0.270 e. The van der Waals surface area contributed by atoms with Crippen LogP contribution in [-0.2, 0) is 10.0 Å². The zero-order chi connectivity index (χ0) is 16.9. The van der Waals surface area contributed by atoms with Crippen molar-refractivity contribution < 1.29 is 13.3 Å². The Bertz CT molecular complexity index is 642. The molecule has 0 unspecified atom stereocenters. The van der Waals surface area contributed by atoms with Gasteiger partial charge < -0.3 is 9.80 Å². The van der Waals surface area contributed by atoms with Crippen molar-refractivity contribution in [2.45, 2.75) is 11.3 Å². The highest BCUT2D eigenvalue weighted by Gasteiger charge is 2.18. The van der Waals surface area contributed by atoms with Gasteiger partial charge in [0.15, 0.2) is 0 Å². The molecule has 0 aliphatic carbocycles. The quantitative estimate of drug-likeness (QED) is 0.441. The molecule has 1 heterocycles. The monoisotopic (exact) mass is 342 g/mol. The van der Waals surface area contributed by atoms with E-state index in [1.165, 1.54) is 18.2 Å². The van der Waals surface area contributed by atoms with Crippen molar-refractivity contribution in [3.8, 4) is 0 Å². The molecule has 0 bridgehead atoms. The van der Waals surface area contributed by atoms with Crippen LogP contribution in [0.4, 0.5) is 5.69 Å². The molecule has 0 saturated carbocycles. The molecule has 1 saturated heterocycles. The van der Waals surface area contributed by atoms with Crippen LogP contribution >= 0.6 is 0 Å². The van der Waals surface area contributed by atoms with E-state index in [-0.39, 0.29) is 10.6 Å². The summed E-state index contributed by atoms with van der Waals surface area (Å²) in [5.74, 6) is 0. The fourth-order valence-corrected chi connectivity index (χ4v) is 3.54. The van der Waals surface area contributed by atoms with E-state index >= 15 is 0 Å². The molecular formula is C14H22N4O4S. The highest BCUT2D eigenvalue weighted by atomic mass is 32.2. The summed E-state index contributed by atoms with van der Waals surface area (Å²) in [4.78, 5) is 14.6. The number of rotatable bonds is 7. The van der Waals surface area contributed by atoms with Gasteiger partial charge in [0.05, 0.1) is 9.82 Å². The van der Waals surface area contributed by atoms with Crippen molar-refractivity contribution in [1.29, 1.82) is 0 Å². The lowest BCUT2D eigenvalue weighted by molar-refractivity contribution is -0.385. The first-order valence-electron chi connectivity index (χ1n) is 7.53. The van der Waals surface area contributed by atoms with Crippen LogP contribution < -0.4 is 4.72 Å². The second-order valence-corrected chi connectivity index (χ2v) is 7.42. The molecular weight excluding hydrogens is 320 g/mol. The molecule has 1 N–H and O–H groups in total. The van der Waals surface area contributed by atoms with Crippen molar-refractivity contribution in [3.05, 3.63) is 34.4 Å². The Labute approximate surface area is 136 Å². The van der Waals surface area contributed by atoms with E-state index in [1.54, 1.807) is 0 Å². The minimum atomic E-state index is -3.71. The van der Waals surface area contributed by atoms with E-state index in [4.69, 9.17) is 0 Å². The second-order valence-electron chi connectivity index (χ2n) is 5.65. The zero-order valence-corrected chi connectivity index (χ0v) is 14.0. The number of hydrogen-bond donors (Lipinski definition) is 1. The molecule has 23 heavy (non-hydrogen) atoms. The maximum Gasteiger partial charge on any atom is 0.270 e. The number of benzene rings is 1. The van der Waals surface area contributed by atoms with Gasteiger partial charge in [-0.25, -0.2) is 13.1 Å². The van der Waals surface area contributed by atoms with Crippen molar-refractivity contribution >= 4 is 15.7 Å². The van der Waals surface area contributed by atoms with E-state index in [9.17, 15) is 18.5 Å². The number of nitrogens with one attached hydrogen (secondary N) is 1. The Morgan fingerprint density at radius 1 is 1.26 bits per heavy atom. The van der Waals surface area contributed by atoms with Crippen LogP contribution in [0.5, 0.6) is 0 Å². The van der Waals surface area contributed by atoms with Crippen molar-refractivity contribution in [2.75, 3.05) is 46.3 Å². The van der Waals surface area contributed by atoms with Gasteiger partial charge in [0.2, 0.25) is 10.0 Å². The summed E-state index contributed by atoms with van der Waals surface area (Å²) >= 11 is 0. The SMILES string of the molecule is CN1CCN(CCCNS(=O)(=O)c2cccc([N+](=O)[O-])c2)CC1. The maximum atomic E-state index is 12.1. The van der Waals surface area contributed by atoms with E-state index in [1.807, 2.05) is 0 Å². The Morgan fingerprint density at radius 3 is 2.61 bits per heavy atom. The number of sulfonamides is 1. The normalized spacial score (nSPS) is 17.3. The summed E-state index contributed by atoms with van der Waals surface area (Å²) < 4.78 is 26.8. The molecule has 9 heteroatoms. The third-order valence-electron chi connectivity index (χ3n) is 3.88. The lowest BCUT2D eigenvalue weighted by Gasteiger charge is -2.32. The summed E-state index contributed by atoms with van der Waals surface area (Å²) in [5.41, 5.74) is -0.231. The van der Waals surface area contributed by atoms with Crippen LogP contribution in [0, 0.1) is 10.1 Å². The van der Waals surface area contributed by atoms with Crippen LogP contribution in [0.1, 0.15) is 6.42 Å². The average molecular weight is 342 g/mol. The van der Waals surface area contributed by atoms with E-state index < -0.39 is 14.9 Å². The lowest BCUT2D eigenvalue weighted by atomic mass is 10.3. The maximum absolute atomic E-state index is 12.1. The molecule has 1 aromatic carbocycles. The van der Waals surface area contributed by atoms with Gasteiger partial charge in [0.25, 0.3) is 5.69 Å².